The van der Waals surface area contributed by atoms with Crippen LogP contribution in [-0.2, 0) is 0 Å². The third-order valence-corrected chi connectivity index (χ3v) is 4.60. The van der Waals surface area contributed by atoms with Crippen LogP contribution in [0.2, 0.25) is 0 Å². The average Bonchev–Trinajstić information content (AvgIpc) is 3.06. The molecular formula is C19H15N2O3+. The Kier molecular flexibility index (Phi) is 2.56. The Morgan fingerprint density at radius 2 is 1.83 bits per heavy atom. The molecule has 0 amide bonds. The summed E-state index contributed by atoms with van der Waals surface area (Å²) < 4.78 is 13.0. The van der Waals surface area contributed by atoms with E-state index in [0.717, 1.165) is 44.2 Å². The van der Waals surface area contributed by atoms with E-state index in [2.05, 4.69) is 11.4 Å². The number of anilines is 1. The molecule has 0 bridgehead atoms. The lowest BCUT2D eigenvalue weighted by molar-refractivity contribution is -0.509. The molecule has 2 aromatic heterocycles. The molecule has 5 nitrogen and oxygen atoms in total. The highest BCUT2D eigenvalue weighted by atomic mass is 16.7. The molecule has 0 fully saturated rings. The van der Waals surface area contributed by atoms with E-state index in [9.17, 15) is 5.11 Å². The van der Waals surface area contributed by atoms with Crippen LogP contribution in [0.25, 0.3) is 27.1 Å². The second-order valence-corrected chi connectivity index (χ2v) is 5.88. The zero-order chi connectivity index (χ0) is 16.3. The number of ether oxygens (including phenoxy) is 2. The molecule has 0 aliphatic carbocycles. The fourth-order valence-corrected chi connectivity index (χ4v) is 3.37. The van der Waals surface area contributed by atoms with Crippen molar-refractivity contribution in [2.75, 3.05) is 19.2 Å². The summed E-state index contributed by atoms with van der Waals surface area (Å²) in [6, 6.07) is 11.7. The highest BCUT2D eigenvalue weighted by Crippen LogP contribution is 2.38. The second-order valence-electron chi connectivity index (χ2n) is 5.88. The van der Waals surface area contributed by atoms with Crippen LogP contribution in [0.5, 0.6) is 17.2 Å². The lowest BCUT2D eigenvalue weighted by Gasteiger charge is -2.07. The minimum absolute atomic E-state index is 0.261. The van der Waals surface area contributed by atoms with Crippen molar-refractivity contribution in [3.05, 3.63) is 48.8 Å². The number of fused-ring (bicyclic) bond motifs is 5. The van der Waals surface area contributed by atoms with Gasteiger partial charge in [-0.3, -0.25) is 0 Å². The van der Waals surface area contributed by atoms with Gasteiger partial charge >= 0.3 is 0 Å². The molecule has 0 saturated heterocycles. The van der Waals surface area contributed by atoms with Gasteiger partial charge in [0.05, 0.1) is 10.8 Å². The summed E-state index contributed by atoms with van der Waals surface area (Å²) in [5, 5.41) is 17.3. The molecule has 5 heteroatoms. The van der Waals surface area contributed by atoms with Gasteiger partial charge < -0.3 is 19.9 Å². The van der Waals surface area contributed by atoms with E-state index >= 15 is 0 Å². The number of nitrogens with zero attached hydrogens (tertiary/aromatic N) is 1. The van der Waals surface area contributed by atoms with Gasteiger partial charge in [-0.05, 0) is 29.7 Å². The molecule has 0 atom stereocenters. The van der Waals surface area contributed by atoms with Crippen LogP contribution in [-0.4, -0.2) is 18.9 Å². The van der Waals surface area contributed by atoms with Crippen LogP contribution in [0.15, 0.2) is 48.8 Å². The molecule has 3 heterocycles. The minimum Gasteiger partial charge on any atom is -0.507 e. The van der Waals surface area contributed by atoms with Crippen LogP contribution in [0, 0.1) is 0 Å². The Morgan fingerprint density at radius 3 is 2.67 bits per heavy atom. The normalized spacial score (nSPS) is 13.0. The van der Waals surface area contributed by atoms with Gasteiger partial charge in [0, 0.05) is 30.3 Å². The Hall–Kier alpha value is -3.21. The number of pyridine rings is 2. The topological polar surface area (TPSA) is 54.8 Å². The molecule has 0 saturated carbocycles. The highest BCUT2D eigenvalue weighted by molar-refractivity contribution is 6.03. The van der Waals surface area contributed by atoms with Crippen LogP contribution in [0.4, 0.5) is 5.69 Å². The second kappa shape index (κ2) is 4.64. The van der Waals surface area contributed by atoms with E-state index in [-0.39, 0.29) is 12.5 Å². The number of nitrogens with one attached hydrogen (secondary N) is 1. The number of aromatic nitrogens is 1. The maximum absolute atomic E-state index is 10.2. The molecular weight excluding hydrogens is 304 g/mol. The fourth-order valence-electron chi connectivity index (χ4n) is 3.37. The van der Waals surface area contributed by atoms with Crippen molar-refractivity contribution in [3.63, 3.8) is 0 Å². The molecule has 24 heavy (non-hydrogen) atoms. The number of phenols is 1. The average molecular weight is 319 g/mol. The third-order valence-electron chi connectivity index (χ3n) is 4.60. The summed E-state index contributed by atoms with van der Waals surface area (Å²) in [5.41, 5.74) is 2.02. The Labute approximate surface area is 137 Å². The van der Waals surface area contributed by atoms with Gasteiger partial charge in [-0.25, -0.2) is 0 Å². The lowest BCUT2D eigenvalue weighted by atomic mass is 10.1. The maximum atomic E-state index is 10.2. The number of hydrogen-bond donors (Lipinski definition) is 2. The van der Waals surface area contributed by atoms with Gasteiger partial charge in [-0.15, -0.1) is 0 Å². The molecule has 0 spiro atoms. The SMILES string of the molecule is CNc1ccc(O)c2c[n+]3ccc4cc5c(cc4c3cc12)OCO5. The van der Waals surface area contributed by atoms with Crippen LogP contribution >= 0.6 is 0 Å². The van der Waals surface area contributed by atoms with Gasteiger partial charge in [0.25, 0.3) is 0 Å². The van der Waals surface area contributed by atoms with Gasteiger partial charge in [0.2, 0.25) is 12.3 Å². The Bertz CT molecular complexity index is 1140. The predicted octanol–water partition coefficient (Wildman–Crippen LogP) is 3.21. The molecule has 1 aliphatic heterocycles. The first-order valence-corrected chi connectivity index (χ1v) is 7.75. The van der Waals surface area contributed by atoms with Crippen molar-refractivity contribution in [3.8, 4) is 17.2 Å². The Morgan fingerprint density at radius 1 is 1.00 bits per heavy atom. The number of phenolic OH excluding ortho intramolecular Hbond substituents is 1. The first kappa shape index (κ1) is 13.2. The molecule has 5 rings (SSSR count). The zero-order valence-electron chi connectivity index (χ0n) is 13.0. The number of hydrogen-bond acceptors (Lipinski definition) is 4. The summed E-state index contributed by atoms with van der Waals surface area (Å²) in [6.07, 6.45) is 3.94. The maximum Gasteiger partial charge on any atom is 0.231 e. The summed E-state index contributed by atoms with van der Waals surface area (Å²) in [6.45, 7) is 0.261. The predicted molar refractivity (Wildman–Crippen MR) is 91.9 cm³/mol. The van der Waals surface area contributed by atoms with E-state index in [4.69, 9.17) is 9.47 Å². The Balaban J connectivity index is 1.94. The summed E-state index contributed by atoms with van der Waals surface area (Å²) >= 11 is 0. The fraction of sp³-hybridized carbons (Fsp3) is 0.105. The van der Waals surface area contributed by atoms with E-state index in [0.29, 0.717) is 0 Å². The van der Waals surface area contributed by atoms with Gasteiger partial charge in [-0.1, -0.05) is 0 Å². The lowest BCUT2D eigenvalue weighted by Crippen LogP contribution is -2.20. The van der Waals surface area contributed by atoms with Gasteiger partial charge in [0.1, 0.15) is 5.75 Å². The van der Waals surface area contributed by atoms with Crippen molar-refractivity contribution in [2.45, 2.75) is 0 Å². The first-order chi connectivity index (χ1) is 11.7. The van der Waals surface area contributed by atoms with Crippen LogP contribution in [0.3, 0.4) is 0 Å². The summed E-state index contributed by atoms with van der Waals surface area (Å²) in [4.78, 5) is 0. The standard InChI is InChI=1S/C19H14N2O3/c1-20-15-2-3-17(22)14-9-21-5-4-11-6-18-19(24-10-23-18)8-12(11)16(21)7-13(14)15/h2-9,20H,10H2,1H3/p+1. The smallest absolute Gasteiger partial charge is 0.231 e. The van der Waals surface area contributed by atoms with E-state index < -0.39 is 0 Å². The van der Waals surface area contributed by atoms with Crippen molar-refractivity contribution < 1.29 is 19.0 Å². The van der Waals surface area contributed by atoms with E-state index in [1.54, 1.807) is 6.07 Å². The number of benzene rings is 2. The highest BCUT2D eigenvalue weighted by Gasteiger charge is 2.19. The van der Waals surface area contributed by atoms with Gasteiger partial charge in [0.15, 0.2) is 23.9 Å². The molecule has 118 valence electrons. The quantitative estimate of drug-likeness (QED) is 0.245. The minimum atomic E-state index is 0.261. The van der Waals surface area contributed by atoms with Crippen molar-refractivity contribution in [1.29, 1.82) is 0 Å². The molecule has 2 N–H and O–H groups in total. The first-order valence-electron chi connectivity index (χ1n) is 7.75. The van der Waals surface area contributed by atoms with Crippen molar-refractivity contribution >= 4 is 32.7 Å². The van der Waals surface area contributed by atoms with E-state index in [1.165, 1.54) is 0 Å². The monoisotopic (exact) mass is 319 g/mol. The number of aromatic hydroxyl groups is 1. The van der Waals surface area contributed by atoms with Crippen molar-refractivity contribution in [2.24, 2.45) is 0 Å². The van der Waals surface area contributed by atoms with Crippen molar-refractivity contribution in [1.82, 2.24) is 0 Å². The zero-order valence-corrected chi connectivity index (χ0v) is 13.0. The van der Waals surface area contributed by atoms with Crippen LogP contribution in [0.1, 0.15) is 0 Å². The largest absolute Gasteiger partial charge is 0.507 e. The van der Waals surface area contributed by atoms with E-state index in [1.807, 2.05) is 48.1 Å². The van der Waals surface area contributed by atoms with Gasteiger partial charge in [-0.2, -0.15) is 4.40 Å². The number of rotatable bonds is 1. The molecule has 4 aromatic rings. The molecule has 0 radical (unpaired) electrons. The third kappa shape index (κ3) is 1.72. The summed E-state index contributed by atoms with van der Waals surface area (Å²) in [7, 11) is 1.88. The summed E-state index contributed by atoms with van der Waals surface area (Å²) in [5.74, 6) is 1.81. The molecule has 2 aromatic carbocycles. The molecule has 0 unspecified atom stereocenters. The van der Waals surface area contributed by atoms with Crippen LogP contribution < -0.4 is 19.2 Å². The molecule has 1 aliphatic rings.